The Kier molecular flexibility index (Phi) is 8.66. The third kappa shape index (κ3) is 6.04. The van der Waals surface area contributed by atoms with Crippen LogP contribution in [0.25, 0.3) is 5.76 Å². The molecule has 1 atom stereocenters. The van der Waals surface area contributed by atoms with Crippen LogP contribution in [0, 0.1) is 6.92 Å². The van der Waals surface area contributed by atoms with E-state index in [1.54, 1.807) is 36.4 Å². The van der Waals surface area contributed by atoms with E-state index in [0.717, 1.165) is 11.1 Å². The number of benzene rings is 3. The van der Waals surface area contributed by atoms with Crippen LogP contribution in [0.2, 0.25) is 0 Å². The molecule has 1 N–H and O–H groups in total. The molecule has 3 aromatic carbocycles. The lowest BCUT2D eigenvalue weighted by Gasteiger charge is -2.26. The highest BCUT2D eigenvalue weighted by Crippen LogP contribution is 2.43. The number of hydrogen-bond acceptors (Lipinski definition) is 6. The number of ketones is 1. The van der Waals surface area contributed by atoms with E-state index in [0.29, 0.717) is 47.8 Å². The van der Waals surface area contributed by atoms with Crippen LogP contribution in [0.15, 0.2) is 72.3 Å². The molecule has 214 valence electrons. The van der Waals surface area contributed by atoms with Gasteiger partial charge in [0.1, 0.15) is 11.5 Å². The Morgan fingerprint density at radius 1 is 0.951 bits per heavy atom. The molecule has 3 aromatic rings. The Morgan fingerprint density at radius 2 is 1.63 bits per heavy atom. The van der Waals surface area contributed by atoms with E-state index in [9.17, 15) is 19.5 Å². The van der Waals surface area contributed by atoms with Gasteiger partial charge < -0.3 is 14.6 Å². The third-order valence-corrected chi connectivity index (χ3v) is 6.98. The van der Waals surface area contributed by atoms with Gasteiger partial charge in [-0.05, 0) is 73.7 Å². The van der Waals surface area contributed by atoms with E-state index in [2.05, 4.69) is 0 Å². The van der Waals surface area contributed by atoms with Crippen LogP contribution in [0.3, 0.4) is 0 Å². The zero-order valence-electron chi connectivity index (χ0n) is 24.5. The van der Waals surface area contributed by atoms with E-state index in [-0.39, 0.29) is 16.7 Å². The quantitative estimate of drug-likeness (QED) is 0.141. The second-order valence-corrected chi connectivity index (χ2v) is 11.2. The molecular formula is C34H37NO6. The summed E-state index contributed by atoms with van der Waals surface area (Å²) in [4.78, 5) is 40.9. The van der Waals surface area contributed by atoms with Gasteiger partial charge in [-0.15, -0.1) is 0 Å². The van der Waals surface area contributed by atoms with Crippen molar-refractivity contribution in [3.8, 4) is 5.75 Å². The number of aliphatic hydroxyl groups excluding tert-OH is 1. The molecule has 0 spiro atoms. The fourth-order valence-corrected chi connectivity index (χ4v) is 4.99. The van der Waals surface area contributed by atoms with Gasteiger partial charge in [-0.3, -0.25) is 14.5 Å². The predicted octanol–water partition coefficient (Wildman–Crippen LogP) is 6.88. The minimum atomic E-state index is -0.877. The fraction of sp³-hybridized carbons (Fsp3) is 0.324. The number of ether oxygens (including phenoxy) is 2. The molecular weight excluding hydrogens is 518 g/mol. The number of aryl methyl sites for hydroxylation is 1. The fourth-order valence-electron chi connectivity index (χ4n) is 4.99. The van der Waals surface area contributed by atoms with Gasteiger partial charge in [-0.25, -0.2) is 4.79 Å². The highest BCUT2D eigenvalue weighted by Gasteiger charge is 2.47. The molecule has 1 unspecified atom stereocenters. The molecule has 41 heavy (non-hydrogen) atoms. The molecule has 4 rings (SSSR count). The number of amides is 1. The Balaban J connectivity index is 1.87. The normalized spacial score (nSPS) is 16.6. The zero-order chi connectivity index (χ0) is 29.9. The van der Waals surface area contributed by atoms with Gasteiger partial charge in [0.2, 0.25) is 0 Å². The maximum atomic E-state index is 13.6. The lowest BCUT2D eigenvalue weighted by Crippen LogP contribution is -2.29. The number of hydrogen-bond donors (Lipinski definition) is 1. The Hall–Kier alpha value is -4.39. The number of rotatable bonds is 8. The second kappa shape index (κ2) is 12.0. The van der Waals surface area contributed by atoms with Gasteiger partial charge in [0.05, 0.1) is 30.4 Å². The number of esters is 1. The van der Waals surface area contributed by atoms with Crippen molar-refractivity contribution in [1.29, 1.82) is 0 Å². The molecule has 1 aliphatic rings. The zero-order valence-corrected chi connectivity index (χ0v) is 24.5. The molecule has 0 bridgehead atoms. The average Bonchev–Trinajstić information content (AvgIpc) is 3.21. The van der Waals surface area contributed by atoms with Crippen LogP contribution in [-0.2, 0) is 19.7 Å². The summed E-state index contributed by atoms with van der Waals surface area (Å²) in [6.07, 6.45) is 0.705. The predicted molar refractivity (Wildman–Crippen MR) is 159 cm³/mol. The summed E-state index contributed by atoms with van der Waals surface area (Å²) in [5.74, 6) is -1.57. The summed E-state index contributed by atoms with van der Waals surface area (Å²) in [5.41, 5.74) is 3.37. The summed E-state index contributed by atoms with van der Waals surface area (Å²) in [6, 6.07) is 18.3. The van der Waals surface area contributed by atoms with Crippen molar-refractivity contribution in [2.75, 3.05) is 18.1 Å². The van der Waals surface area contributed by atoms with E-state index < -0.39 is 23.7 Å². The summed E-state index contributed by atoms with van der Waals surface area (Å²) in [7, 11) is 0. The Labute approximate surface area is 241 Å². The number of anilines is 1. The molecule has 0 aliphatic carbocycles. The summed E-state index contributed by atoms with van der Waals surface area (Å²) in [6.45, 7) is 12.7. The summed E-state index contributed by atoms with van der Waals surface area (Å²) >= 11 is 0. The minimum Gasteiger partial charge on any atom is -0.507 e. The molecule has 1 saturated heterocycles. The van der Waals surface area contributed by atoms with Crippen LogP contribution >= 0.6 is 0 Å². The van der Waals surface area contributed by atoms with Crippen molar-refractivity contribution in [2.24, 2.45) is 0 Å². The molecule has 0 aromatic heterocycles. The Morgan fingerprint density at radius 3 is 2.24 bits per heavy atom. The number of aliphatic hydroxyl groups is 1. The van der Waals surface area contributed by atoms with Crippen molar-refractivity contribution >= 4 is 29.1 Å². The lowest BCUT2D eigenvalue weighted by atomic mass is 9.84. The lowest BCUT2D eigenvalue weighted by molar-refractivity contribution is -0.132. The Bertz CT molecular complexity index is 1500. The molecule has 1 aliphatic heterocycles. The first-order valence-electron chi connectivity index (χ1n) is 13.9. The average molecular weight is 556 g/mol. The molecule has 0 saturated carbocycles. The molecule has 7 nitrogen and oxygen atoms in total. The smallest absolute Gasteiger partial charge is 0.338 e. The monoisotopic (exact) mass is 555 g/mol. The van der Waals surface area contributed by atoms with Crippen LogP contribution in [0.5, 0.6) is 5.75 Å². The summed E-state index contributed by atoms with van der Waals surface area (Å²) in [5, 5.41) is 11.7. The molecule has 1 heterocycles. The topological polar surface area (TPSA) is 93.1 Å². The number of nitrogens with zero attached hydrogens (tertiary/aromatic N) is 1. The van der Waals surface area contributed by atoms with Crippen molar-refractivity contribution in [2.45, 2.75) is 59.4 Å². The standard InChI is InChI=1S/C34H37NO6/c1-7-18-41-33(39)22-12-15-25(16-13-22)35-29(23-11-9-10-21(3)19-23)28(31(37)32(35)38)30(36)24-14-17-27(40-8-2)26(20-24)34(4,5)6/h9-17,19-20,29,36H,7-8,18H2,1-6H3/b30-28-. The van der Waals surface area contributed by atoms with E-state index >= 15 is 0 Å². The number of carbonyl (C=O) groups excluding carboxylic acids is 3. The van der Waals surface area contributed by atoms with Crippen molar-refractivity contribution in [1.82, 2.24) is 0 Å². The van der Waals surface area contributed by atoms with Gasteiger partial charge in [-0.1, -0.05) is 57.5 Å². The van der Waals surface area contributed by atoms with E-state index in [1.807, 2.05) is 71.9 Å². The number of carbonyl (C=O) groups is 3. The first kappa shape index (κ1) is 29.6. The summed E-state index contributed by atoms with van der Waals surface area (Å²) < 4.78 is 11.0. The van der Waals surface area contributed by atoms with E-state index in [4.69, 9.17) is 9.47 Å². The first-order valence-corrected chi connectivity index (χ1v) is 13.9. The molecule has 0 radical (unpaired) electrons. The van der Waals surface area contributed by atoms with Gasteiger partial charge in [-0.2, -0.15) is 0 Å². The van der Waals surface area contributed by atoms with Crippen molar-refractivity contribution in [3.63, 3.8) is 0 Å². The minimum absolute atomic E-state index is 0.00366. The highest BCUT2D eigenvalue weighted by atomic mass is 16.5. The maximum Gasteiger partial charge on any atom is 0.338 e. The first-order chi connectivity index (χ1) is 19.5. The van der Waals surface area contributed by atoms with Crippen LogP contribution in [-0.4, -0.2) is 36.0 Å². The van der Waals surface area contributed by atoms with Gasteiger partial charge in [0, 0.05) is 16.8 Å². The SMILES string of the molecule is CCCOC(=O)c1ccc(N2C(=O)C(=O)/C(=C(\O)c3ccc(OCC)c(C(C)(C)C)c3)C2c2cccc(C)c2)cc1. The molecule has 7 heteroatoms. The second-order valence-electron chi connectivity index (χ2n) is 11.2. The largest absolute Gasteiger partial charge is 0.507 e. The highest BCUT2D eigenvalue weighted by molar-refractivity contribution is 6.51. The van der Waals surface area contributed by atoms with Gasteiger partial charge in [0.25, 0.3) is 11.7 Å². The number of Topliss-reactive ketones (excluding diaryl/α,β-unsaturated/α-hetero) is 1. The van der Waals surface area contributed by atoms with Crippen molar-refractivity contribution in [3.05, 3.63) is 100 Å². The molecule has 1 fully saturated rings. The van der Waals surface area contributed by atoms with Crippen molar-refractivity contribution < 1.29 is 29.0 Å². The maximum absolute atomic E-state index is 13.6. The van der Waals surface area contributed by atoms with Gasteiger partial charge in [0.15, 0.2) is 0 Å². The van der Waals surface area contributed by atoms with Gasteiger partial charge >= 0.3 is 5.97 Å². The molecule has 1 amide bonds. The van der Waals surface area contributed by atoms with E-state index in [1.165, 1.54) is 4.90 Å². The van der Waals surface area contributed by atoms with Crippen LogP contribution in [0.4, 0.5) is 5.69 Å². The third-order valence-electron chi connectivity index (χ3n) is 6.98. The van der Waals surface area contributed by atoms with Crippen LogP contribution < -0.4 is 9.64 Å². The van der Waals surface area contributed by atoms with Crippen LogP contribution in [0.1, 0.15) is 79.7 Å².